The number of benzene rings is 1. The summed E-state index contributed by atoms with van der Waals surface area (Å²) in [7, 11) is 0. The molecule has 0 atom stereocenters. The number of ether oxygens (including phenoxy) is 1. The fourth-order valence-electron chi connectivity index (χ4n) is 3.18. The topological polar surface area (TPSA) is 53.0 Å². The van der Waals surface area contributed by atoms with E-state index >= 15 is 0 Å². The summed E-state index contributed by atoms with van der Waals surface area (Å²) in [6.45, 7) is 10.0. The maximum absolute atomic E-state index is 5.59. The Labute approximate surface area is 161 Å². The van der Waals surface area contributed by atoms with E-state index in [4.69, 9.17) is 9.73 Å². The van der Waals surface area contributed by atoms with Crippen LogP contribution in [0.5, 0.6) is 5.75 Å². The Morgan fingerprint density at radius 3 is 2.67 bits per heavy atom. The third-order valence-corrected chi connectivity index (χ3v) is 4.51. The highest BCUT2D eigenvalue weighted by atomic mass is 16.5. The van der Waals surface area contributed by atoms with Crippen molar-refractivity contribution in [2.24, 2.45) is 4.99 Å². The van der Waals surface area contributed by atoms with E-state index in [9.17, 15) is 0 Å². The molecule has 1 aliphatic rings. The molecule has 1 aromatic heterocycles. The average molecular weight is 367 g/mol. The predicted octanol–water partition coefficient (Wildman–Crippen LogP) is 2.77. The first-order valence-electron chi connectivity index (χ1n) is 9.71. The highest BCUT2D eigenvalue weighted by molar-refractivity contribution is 5.80. The van der Waals surface area contributed by atoms with Crippen molar-refractivity contribution in [1.82, 2.24) is 15.2 Å². The van der Waals surface area contributed by atoms with E-state index in [1.165, 1.54) is 0 Å². The molecule has 0 radical (unpaired) electrons. The number of aromatic nitrogens is 1. The number of nitrogens with one attached hydrogen (secondary N) is 1. The van der Waals surface area contributed by atoms with Gasteiger partial charge in [-0.15, -0.1) is 0 Å². The van der Waals surface area contributed by atoms with Crippen LogP contribution >= 0.6 is 0 Å². The number of aliphatic imine (C=N–C) groups is 1. The van der Waals surface area contributed by atoms with Crippen molar-refractivity contribution in [2.75, 3.05) is 44.2 Å². The van der Waals surface area contributed by atoms with Crippen LogP contribution in [0.15, 0.2) is 53.7 Å². The standard InChI is InChI=1S/C21H29N5O/c1-3-22-21(24-17-18-8-7-9-19(16-18)27-4-2)26-14-12-25(13-15-26)20-10-5-6-11-23-20/h5-11,16H,3-4,12-15,17H2,1-2H3,(H,22,24). The molecule has 0 bridgehead atoms. The molecule has 1 N–H and O–H groups in total. The van der Waals surface area contributed by atoms with Gasteiger partial charge in [-0.1, -0.05) is 18.2 Å². The maximum Gasteiger partial charge on any atom is 0.194 e. The molecule has 1 saturated heterocycles. The Hall–Kier alpha value is -2.76. The van der Waals surface area contributed by atoms with Crippen LogP contribution in [0.25, 0.3) is 0 Å². The Morgan fingerprint density at radius 1 is 1.11 bits per heavy atom. The Morgan fingerprint density at radius 2 is 1.96 bits per heavy atom. The molecule has 0 saturated carbocycles. The van der Waals surface area contributed by atoms with Gasteiger partial charge in [-0.3, -0.25) is 0 Å². The number of piperazine rings is 1. The zero-order valence-electron chi connectivity index (χ0n) is 16.3. The zero-order valence-corrected chi connectivity index (χ0v) is 16.3. The van der Waals surface area contributed by atoms with Crippen LogP contribution in [0.3, 0.4) is 0 Å². The van der Waals surface area contributed by atoms with Gasteiger partial charge in [0.2, 0.25) is 0 Å². The number of hydrogen-bond acceptors (Lipinski definition) is 4. The van der Waals surface area contributed by atoms with Crippen molar-refractivity contribution in [3.05, 3.63) is 54.2 Å². The molecule has 27 heavy (non-hydrogen) atoms. The molecule has 0 spiro atoms. The number of nitrogens with zero attached hydrogens (tertiary/aromatic N) is 4. The number of rotatable bonds is 6. The molecule has 2 aromatic rings. The van der Waals surface area contributed by atoms with Gasteiger partial charge in [-0.2, -0.15) is 0 Å². The van der Waals surface area contributed by atoms with Crippen molar-refractivity contribution in [3.63, 3.8) is 0 Å². The van der Waals surface area contributed by atoms with Gasteiger partial charge in [0.25, 0.3) is 0 Å². The molecular formula is C21H29N5O. The van der Waals surface area contributed by atoms with Gasteiger partial charge >= 0.3 is 0 Å². The fourth-order valence-corrected chi connectivity index (χ4v) is 3.18. The SMILES string of the molecule is CCNC(=NCc1cccc(OCC)c1)N1CCN(c2ccccn2)CC1. The van der Waals surface area contributed by atoms with Gasteiger partial charge in [0.05, 0.1) is 13.2 Å². The maximum atomic E-state index is 5.59. The molecule has 2 heterocycles. The van der Waals surface area contributed by atoms with Crippen LogP contribution in [0.4, 0.5) is 5.82 Å². The van der Waals surface area contributed by atoms with Crippen molar-refractivity contribution in [3.8, 4) is 5.75 Å². The summed E-state index contributed by atoms with van der Waals surface area (Å²) in [6.07, 6.45) is 1.85. The van der Waals surface area contributed by atoms with Crippen molar-refractivity contribution >= 4 is 11.8 Å². The number of pyridine rings is 1. The Kier molecular flexibility index (Phi) is 6.90. The molecule has 6 nitrogen and oxygen atoms in total. The first-order chi connectivity index (χ1) is 13.3. The summed E-state index contributed by atoms with van der Waals surface area (Å²) in [5, 5.41) is 3.43. The highest BCUT2D eigenvalue weighted by Crippen LogP contribution is 2.15. The molecule has 0 unspecified atom stereocenters. The summed E-state index contributed by atoms with van der Waals surface area (Å²) >= 11 is 0. The molecule has 1 aromatic carbocycles. The van der Waals surface area contributed by atoms with Crippen LogP contribution in [-0.2, 0) is 6.54 Å². The second-order valence-electron chi connectivity index (χ2n) is 6.41. The lowest BCUT2D eigenvalue weighted by atomic mass is 10.2. The average Bonchev–Trinajstić information content (AvgIpc) is 2.72. The van der Waals surface area contributed by atoms with Gasteiger partial charge < -0.3 is 19.9 Å². The normalized spacial score (nSPS) is 15.0. The third-order valence-electron chi connectivity index (χ3n) is 4.51. The second kappa shape index (κ2) is 9.80. The van der Waals surface area contributed by atoms with E-state index in [1.54, 1.807) is 0 Å². The van der Waals surface area contributed by atoms with E-state index in [-0.39, 0.29) is 0 Å². The van der Waals surface area contributed by atoms with Gasteiger partial charge in [0.1, 0.15) is 11.6 Å². The Balaban J connectivity index is 1.62. The lowest BCUT2D eigenvalue weighted by molar-refractivity contribution is 0.340. The van der Waals surface area contributed by atoms with E-state index in [0.29, 0.717) is 13.2 Å². The minimum Gasteiger partial charge on any atom is -0.494 e. The van der Waals surface area contributed by atoms with Crippen LogP contribution < -0.4 is 15.0 Å². The summed E-state index contributed by atoms with van der Waals surface area (Å²) < 4.78 is 5.59. The fraction of sp³-hybridized carbons (Fsp3) is 0.429. The molecule has 3 rings (SSSR count). The van der Waals surface area contributed by atoms with E-state index < -0.39 is 0 Å². The van der Waals surface area contributed by atoms with Crippen molar-refractivity contribution < 1.29 is 4.74 Å². The van der Waals surface area contributed by atoms with Crippen LogP contribution in [0.2, 0.25) is 0 Å². The lowest BCUT2D eigenvalue weighted by Gasteiger charge is -2.37. The zero-order chi connectivity index (χ0) is 18.9. The van der Waals surface area contributed by atoms with Gasteiger partial charge in [0, 0.05) is 38.9 Å². The largest absolute Gasteiger partial charge is 0.494 e. The third kappa shape index (κ3) is 5.36. The summed E-state index contributed by atoms with van der Waals surface area (Å²) in [5.41, 5.74) is 1.16. The minimum atomic E-state index is 0.643. The van der Waals surface area contributed by atoms with E-state index in [2.05, 4.69) is 45.2 Å². The van der Waals surface area contributed by atoms with Crippen molar-refractivity contribution in [1.29, 1.82) is 0 Å². The molecule has 0 amide bonds. The quantitative estimate of drug-likeness (QED) is 0.628. The summed E-state index contributed by atoms with van der Waals surface area (Å²) in [5.74, 6) is 2.92. The van der Waals surface area contributed by atoms with E-state index in [0.717, 1.165) is 55.8 Å². The van der Waals surface area contributed by atoms with E-state index in [1.807, 2.05) is 37.4 Å². The molecule has 144 valence electrons. The first-order valence-corrected chi connectivity index (χ1v) is 9.71. The summed E-state index contributed by atoms with van der Waals surface area (Å²) in [6, 6.07) is 14.2. The summed E-state index contributed by atoms with van der Waals surface area (Å²) in [4.78, 5) is 14.0. The van der Waals surface area contributed by atoms with Crippen LogP contribution in [0, 0.1) is 0 Å². The number of hydrogen-bond donors (Lipinski definition) is 1. The number of anilines is 1. The van der Waals surface area contributed by atoms with Gasteiger partial charge in [0.15, 0.2) is 5.96 Å². The Bertz CT molecular complexity index is 726. The molecule has 6 heteroatoms. The highest BCUT2D eigenvalue weighted by Gasteiger charge is 2.20. The first kappa shape index (κ1) is 19.0. The second-order valence-corrected chi connectivity index (χ2v) is 6.41. The monoisotopic (exact) mass is 367 g/mol. The molecule has 1 fully saturated rings. The molecule has 0 aliphatic carbocycles. The smallest absolute Gasteiger partial charge is 0.194 e. The molecular weight excluding hydrogens is 338 g/mol. The van der Waals surface area contributed by atoms with Crippen molar-refractivity contribution in [2.45, 2.75) is 20.4 Å². The number of guanidine groups is 1. The lowest BCUT2D eigenvalue weighted by Crippen LogP contribution is -2.52. The predicted molar refractivity (Wildman–Crippen MR) is 110 cm³/mol. The van der Waals surface area contributed by atoms with Crippen LogP contribution in [-0.4, -0.2) is 55.2 Å². The molecule has 1 aliphatic heterocycles. The minimum absolute atomic E-state index is 0.643. The van der Waals surface area contributed by atoms with Gasteiger partial charge in [-0.25, -0.2) is 9.98 Å². The van der Waals surface area contributed by atoms with Gasteiger partial charge in [-0.05, 0) is 43.7 Å². The van der Waals surface area contributed by atoms with Crippen LogP contribution in [0.1, 0.15) is 19.4 Å².